The van der Waals surface area contributed by atoms with Gasteiger partial charge in [0, 0.05) is 6.20 Å². The van der Waals surface area contributed by atoms with E-state index in [0.29, 0.717) is 5.70 Å². The molecule has 2 heteroatoms. The molecule has 0 spiro atoms. The summed E-state index contributed by atoms with van der Waals surface area (Å²) in [5, 5.41) is 2.67. The first kappa shape index (κ1) is 23.9. The van der Waals surface area contributed by atoms with E-state index >= 15 is 0 Å². The van der Waals surface area contributed by atoms with Gasteiger partial charge in [-0.2, -0.15) is 0 Å². The molecule has 0 atom stereocenters. The third-order valence-electron chi connectivity index (χ3n) is 7.73. The molecule has 1 aromatic heterocycles. The van der Waals surface area contributed by atoms with E-state index < -0.39 is 0 Å². The van der Waals surface area contributed by atoms with Crippen molar-refractivity contribution in [2.24, 2.45) is 5.73 Å². The monoisotopic (exact) mass is 512 g/mol. The second-order valence-corrected chi connectivity index (χ2v) is 10.2. The molecule has 190 valence electrons. The lowest BCUT2D eigenvalue weighted by molar-refractivity contribution is 1.25. The average Bonchev–Trinajstić information content (AvgIpc) is 3.35. The summed E-state index contributed by atoms with van der Waals surface area (Å²) in [6, 6.07) is 43.5. The third kappa shape index (κ3) is 4.30. The van der Waals surface area contributed by atoms with E-state index in [9.17, 15) is 0 Å². The zero-order valence-electron chi connectivity index (χ0n) is 22.1. The number of aromatic nitrogens is 1. The predicted octanol–water partition coefficient (Wildman–Crippen LogP) is 9.31. The van der Waals surface area contributed by atoms with Crippen molar-refractivity contribution in [1.29, 1.82) is 0 Å². The summed E-state index contributed by atoms with van der Waals surface area (Å²) >= 11 is 0. The van der Waals surface area contributed by atoms with E-state index in [4.69, 9.17) is 5.73 Å². The molecule has 0 radical (unpaired) electrons. The molecule has 0 amide bonds. The topological polar surface area (TPSA) is 38.9 Å². The number of fused-ring (bicyclic) bond motifs is 3. The fourth-order valence-corrected chi connectivity index (χ4v) is 5.75. The van der Waals surface area contributed by atoms with Crippen LogP contribution in [0.1, 0.15) is 11.3 Å². The van der Waals surface area contributed by atoms with E-state index in [1.54, 1.807) is 6.20 Å². The molecule has 6 aromatic rings. The summed E-state index contributed by atoms with van der Waals surface area (Å²) < 4.78 is 0. The third-order valence-corrected chi connectivity index (χ3v) is 7.73. The van der Waals surface area contributed by atoms with Crippen LogP contribution in [0.3, 0.4) is 0 Å². The van der Waals surface area contributed by atoms with Crippen molar-refractivity contribution in [3.05, 3.63) is 157 Å². The standard InChI is InChI=1S/C38H28N2/c39-36(37-17-5-6-24-40-37)16-4-1-9-26-18-20-27(21-19-26)28-10-7-11-29(25-28)30-22-23-35-32-13-3-2-12-31(32)34-15-8-14-33(30)38(34)35/h1-8,10-25H,9,39H2/b4-1-,36-16-. The molecule has 0 saturated heterocycles. The van der Waals surface area contributed by atoms with Crippen LogP contribution in [0.4, 0.5) is 0 Å². The van der Waals surface area contributed by atoms with Gasteiger partial charge in [0.15, 0.2) is 0 Å². The highest BCUT2D eigenvalue weighted by atomic mass is 14.7. The number of hydrogen-bond donors (Lipinski definition) is 1. The van der Waals surface area contributed by atoms with Gasteiger partial charge in [-0.25, -0.2) is 0 Å². The molecule has 0 bridgehead atoms. The number of rotatable bonds is 6. The maximum Gasteiger partial charge on any atom is 0.0858 e. The van der Waals surface area contributed by atoms with Gasteiger partial charge in [-0.05, 0) is 91.5 Å². The summed E-state index contributed by atoms with van der Waals surface area (Å²) in [7, 11) is 0. The summed E-state index contributed by atoms with van der Waals surface area (Å²) in [4.78, 5) is 4.29. The highest BCUT2D eigenvalue weighted by molar-refractivity contribution is 6.18. The fraction of sp³-hybridized carbons (Fsp3) is 0.0263. The van der Waals surface area contributed by atoms with Gasteiger partial charge in [0.05, 0.1) is 11.4 Å². The summed E-state index contributed by atoms with van der Waals surface area (Å²) in [5.41, 5.74) is 19.1. The van der Waals surface area contributed by atoms with Crippen LogP contribution < -0.4 is 5.73 Å². The first-order chi connectivity index (χ1) is 19.8. The van der Waals surface area contributed by atoms with Crippen molar-refractivity contribution >= 4 is 16.5 Å². The molecule has 2 N–H and O–H groups in total. The second-order valence-electron chi connectivity index (χ2n) is 10.2. The smallest absolute Gasteiger partial charge is 0.0858 e. The molecule has 1 aliphatic rings. The zero-order chi connectivity index (χ0) is 26.9. The van der Waals surface area contributed by atoms with Gasteiger partial charge >= 0.3 is 0 Å². The minimum absolute atomic E-state index is 0.664. The Balaban J connectivity index is 1.13. The normalized spacial score (nSPS) is 12.2. The van der Waals surface area contributed by atoms with E-state index in [2.05, 4.69) is 114 Å². The van der Waals surface area contributed by atoms with Crippen molar-refractivity contribution in [2.45, 2.75) is 6.42 Å². The lowest BCUT2D eigenvalue weighted by atomic mass is 9.92. The maximum atomic E-state index is 6.13. The van der Waals surface area contributed by atoms with Crippen LogP contribution in [0.2, 0.25) is 0 Å². The number of benzene rings is 5. The molecule has 7 rings (SSSR count). The first-order valence-corrected chi connectivity index (χ1v) is 13.7. The van der Waals surface area contributed by atoms with Gasteiger partial charge in [-0.3, -0.25) is 4.98 Å². The molecule has 0 saturated carbocycles. The zero-order valence-corrected chi connectivity index (χ0v) is 22.1. The Morgan fingerprint density at radius 2 is 1.30 bits per heavy atom. The van der Waals surface area contributed by atoms with Crippen molar-refractivity contribution in [3.8, 4) is 44.5 Å². The van der Waals surface area contributed by atoms with E-state index in [1.807, 2.05) is 30.4 Å². The molecular weight excluding hydrogens is 484 g/mol. The first-order valence-electron chi connectivity index (χ1n) is 13.7. The molecule has 0 unspecified atom stereocenters. The molecular formula is C38H28N2. The molecule has 1 aliphatic carbocycles. The van der Waals surface area contributed by atoms with Crippen LogP contribution in [0.15, 0.2) is 146 Å². The van der Waals surface area contributed by atoms with Crippen LogP contribution >= 0.6 is 0 Å². The number of nitrogens with two attached hydrogens (primary N) is 1. The van der Waals surface area contributed by atoms with Gasteiger partial charge in [0.2, 0.25) is 0 Å². The van der Waals surface area contributed by atoms with Crippen LogP contribution in [0.5, 0.6) is 0 Å². The fourth-order valence-electron chi connectivity index (χ4n) is 5.75. The van der Waals surface area contributed by atoms with Gasteiger partial charge < -0.3 is 5.73 Å². The Morgan fingerprint density at radius 1 is 0.600 bits per heavy atom. The SMILES string of the molecule is N/C(=C\C=C/Cc1ccc(-c2cccc(-c3ccc4c5c(cccc35)-c3ccccc3-4)c2)cc1)c1ccccn1. The molecule has 5 aromatic carbocycles. The quantitative estimate of drug-likeness (QED) is 0.225. The molecule has 2 nitrogen and oxygen atoms in total. The Morgan fingerprint density at radius 3 is 2.10 bits per heavy atom. The van der Waals surface area contributed by atoms with Crippen molar-refractivity contribution < 1.29 is 0 Å². The number of hydrogen-bond acceptors (Lipinski definition) is 2. The van der Waals surface area contributed by atoms with Gasteiger partial charge in [-0.15, -0.1) is 0 Å². The molecule has 0 fully saturated rings. The summed E-state index contributed by atoms with van der Waals surface area (Å²) in [6.45, 7) is 0. The minimum atomic E-state index is 0.664. The van der Waals surface area contributed by atoms with Crippen LogP contribution in [-0.4, -0.2) is 4.98 Å². The van der Waals surface area contributed by atoms with Crippen LogP contribution in [0.25, 0.3) is 61.0 Å². The highest BCUT2D eigenvalue weighted by Gasteiger charge is 2.22. The Hall–Kier alpha value is -5.21. The summed E-state index contributed by atoms with van der Waals surface area (Å²) in [5.74, 6) is 0. The van der Waals surface area contributed by atoms with Gasteiger partial charge in [0.25, 0.3) is 0 Å². The van der Waals surface area contributed by atoms with E-state index in [0.717, 1.165) is 12.1 Å². The van der Waals surface area contributed by atoms with E-state index in [-0.39, 0.29) is 0 Å². The molecule has 1 heterocycles. The Kier molecular flexibility index (Phi) is 6.07. The molecule has 40 heavy (non-hydrogen) atoms. The largest absolute Gasteiger partial charge is 0.397 e. The summed E-state index contributed by atoms with van der Waals surface area (Å²) in [6.07, 6.45) is 8.62. The van der Waals surface area contributed by atoms with Crippen molar-refractivity contribution in [3.63, 3.8) is 0 Å². The van der Waals surface area contributed by atoms with Gasteiger partial charge in [0.1, 0.15) is 0 Å². The lowest BCUT2D eigenvalue weighted by Gasteiger charge is -2.11. The second kappa shape index (κ2) is 10.2. The Labute approximate surface area is 234 Å². The highest BCUT2D eigenvalue weighted by Crippen LogP contribution is 2.49. The number of pyridine rings is 1. The van der Waals surface area contributed by atoms with Crippen molar-refractivity contribution in [2.75, 3.05) is 0 Å². The van der Waals surface area contributed by atoms with Crippen LogP contribution in [0, 0.1) is 0 Å². The maximum absolute atomic E-state index is 6.13. The van der Waals surface area contributed by atoms with E-state index in [1.165, 1.54) is 60.8 Å². The predicted molar refractivity (Wildman–Crippen MR) is 168 cm³/mol. The van der Waals surface area contributed by atoms with Gasteiger partial charge in [-0.1, -0.05) is 115 Å². The van der Waals surface area contributed by atoms with Crippen LogP contribution in [-0.2, 0) is 6.42 Å². The molecule has 0 aliphatic heterocycles. The minimum Gasteiger partial charge on any atom is -0.397 e. The number of nitrogens with zero attached hydrogens (tertiary/aromatic N) is 1. The average molecular weight is 513 g/mol. The van der Waals surface area contributed by atoms with Crippen molar-refractivity contribution in [1.82, 2.24) is 4.98 Å². The number of allylic oxidation sites excluding steroid dienone is 3. The Bertz CT molecular complexity index is 1880. The lowest BCUT2D eigenvalue weighted by Crippen LogP contribution is -1.97.